The molecule has 1 N–H and O–H groups in total. The molecule has 19 heavy (non-hydrogen) atoms. The molecular formula is C14H15FN2S2. The van der Waals surface area contributed by atoms with Crippen LogP contribution in [0, 0.1) is 12.7 Å². The first-order valence-corrected chi connectivity index (χ1v) is 8.03. The van der Waals surface area contributed by atoms with Crippen molar-refractivity contribution in [2.75, 3.05) is 0 Å². The predicted octanol–water partition coefficient (Wildman–Crippen LogP) is 3.99. The van der Waals surface area contributed by atoms with E-state index in [4.69, 9.17) is 0 Å². The normalized spacial score (nSPS) is 14.8. The molecule has 0 unspecified atom stereocenters. The number of benzene rings is 1. The molecule has 1 aliphatic carbocycles. The van der Waals surface area contributed by atoms with Crippen molar-refractivity contribution in [1.29, 1.82) is 0 Å². The van der Waals surface area contributed by atoms with Gasteiger partial charge in [-0.3, -0.25) is 0 Å². The number of nitrogens with one attached hydrogen (secondary N) is 1. The Kier molecular flexibility index (Phi) is 3.86. The lowest BCUT2D eigenvalue weighted by molar-refractivity contribution is 0.579. The van der Waals surface area contributed by atoms with Crippen LogP contribution < -0.4 is 5.32 Å². The van der Waals surface area contributed by atoms with E-state index in [-0.39, 0.29) is 5.82 Å². The molecule has 1 aromatic carbocycles. The van der Waals surface area contributed by atoms with Gasteiger partial charge in [-0.1, -0.05) is 17.8 Å². The van der Waals surface area contributed by atoms with Crippen molar-refractivity contribution in [3.8, 4) is 0 Å². The molecule has 1 saturated carbocycles. The van der Waals surface area contributed by atoms with Gasteiger partial charge < -0.3 is 5.32 Å². The zero-order chi connectivity index (χ0) is 13.2. The van der Waals surface area contributed by atoms with Crippen molar-refractivity contribution >= 4 is 23.1 Å². The highest BCUT2D eigenvalue weighted by Crippen LogP contribution is 2.34. The van der Waals surface area contributed by atoms with Gasteiger partial charge in [-0.05, 0) is 31.9 Å². The van der Waals surface area contributed by atoms with Crippen LogP contribution >= 0.6 is 23.1 Å². The number of aryl methyl sites for hydroxylation is 1. The second kappa shape index (κ2) is 5.61. The monoisotopic (exact) mass is 294 g/mol. The average molecular weight is 294 g/mol. The minimum Gasteiger partial charge on any atom is -0.310 e. The molecule has 0 spiro atoms. The maximum atomic E-state index is 14.0. The number of nitrogens with zero attached hydrogens (tertiary/aromatic N) is 1. The third-order valence-corrected chi connectivity index (χ3v) is 5.17. The molecule has 0 amide bonds. The largest absolute Gasteiger partial charge is 0.310 e. The lowest BCUT2D eigenvalue weighted by Gasteiger charge is -2.09. The van der Waals surface area contributed by atoms with E-state index in [2.05, 4.69) is 10.3 Å². The summed E-state index contributed by atoms with van der Waals surface area (Å²) in [5, 5.41) is 5.39. The van der Waals surface area contributed by atoms with Gasteiger partial charge in [0, 0.05) is 34.1 Å². The molecular weight excluding hydrogens is 279 g/mol. The highest BCUT2D eigenvalue weighted by atomic mass is 32.2. The number of aromatic nitrogens is 1. The van der Waals surface area contributed by atoms with Crippen molar-refractivity contribution in [2.24, 2.45) is 0 Å². The minimum absolute atomic E-state index is 0.133. The lowest BCUT2D eigenvalue weighted by atomic mass is 10.2. The second-order valence-corrected chi connectivity index (χ2v) is 6.88. The number of thiazole rings is 1. The molecule has 5 heteroatoms. The lowest BCUT2D eigenvalue weighted by Crippen LogP contribution is -2.16. The van der Waals surface area contributed by atoms with Gasteiger partial charge in [-0.2, -0.15) is 0 Å². The fourth-order valence-corrected chi connectivity index (χ4v) is 3.76. The van der Waals surface area contributed by atoms with E-state index in [1.807, 2.05) is 18.4 Å². The van der Waals surface area contributed by atoms with Gasteiger partial charge in [0.15, 0.2) is 4.34 Å². The van der Waals surface area contributed by atoms with Crippen LogP contribution in [0.3, 0.4) is 0 Å². The van der Waals surface area contributed by atoms with Crippen molar-refractivity contribution in [3.63, 3.8) is 0 Å². The SMILES string of the molecule is Cc1csc(Sc2cccc(F)c2CNC2CC2)n1. The van der Waals surface area contributed by atoms with Crippen LogP contribution in [0.25, 0.3) is 0 Å². The molecule has 1 aliphatic rings. The highest BCUT2D eigenvalue weighted by molar-refractivity contribution is 8.01. The number of hydrogen-bond donors (Lipinski definition) is 1. The Labute approximate surface area is 120 Å². The third-order valence-electron chi connectivity index (χ3n) is 3.02. The van der Waals surface area contributed by atoms with E-state index in [9.17, 15) is 4.39 Å². The zero-order valence-electron chi connectivity index (χ0n) is 10.6. The standard InChI is InChI=1S/C14H15FN2S2/c1-9-8-18-14(17-9)19-13-4-2-3-12(15)11(13)7-16-10-5-6-10/h2-4,8,10,16H,5-7H2,1H3. The summed E-state index contributed by atoms with van der Waals surface area (Å²) >= 11 is 3.15. The summed E-state index contributed by atoms with van der Waals surface area (Å²) in [5.74, 6) is -0.133. The molecule has 2 aromatic rings. The van der Waals surface area contributed by atoms with Gasteiger partial charge in [-0.25, -0.2) is 9.37 Å². The smallest absolute Gasteiger partial charge is 0.154 e. The van der Waals surface area contributed by atoms with Crippen molar-refractivity contribution in [1.82, 2.24) is 10.3 Å². The summed E-state index contributed by atoms with van der Waals surface area (Å²) < 4.78 is 14.9. The molecule has 0 atom stereocenters. The molecule has 1 aromatic heterocycles. The maximum Gasteiger partial charge on any atom is 0.154 e. The summed E-state index contributed by atoms with van der Waals surface area (Å²) in [6.45, 7) is 2.58. The van der Waals surface area contributed by atoms with Gasteiger partial charge in [0.2, 0.25) is 0 Å². The predicted molar refractivity (Wildman–Crippen MR) is 77.2 cm³/mol. The van der Waals surface area contributed by atoms with E-state index in [0.717, 1.165) is 20.5 Å². The summed E-state index contributed by atoms with van der Waals surface area (Å²) in [7, 11) is 0. The molecule has 1 fully saturated rings. The number of rotatable bonds is 5. The molecule has 0 bridgehead atoms. The van der Waals surface area contributed by atoms with Crippen molar-refractivity contribution < 1.29 is 4.39 Å². The molecule has 3 rings (SSSR count). The molecule has 0 aliphatic heterocycles. The zero-order valence-corrected chi connectivity index (χ0v) is 12.3. The van der Waals surface area contributed by atoms with Gasteiger partial charge >= 0.3 is 0 Å². The third kappa shape index (κ3) is 3.35. The van der Waals surface area contributed by atoms with Gasteiger partial charge in [-0.15, -0.1) is 11.3 Å². The van der Waals surface area contributed by atoms with Crippen LogP contribution in [0.15, 0.2) is 32.8 Å². The topological polar surface area (TPSA) is 24.9 Å². The highest BCUT2D eigenvalue weighted by Gasteiger charge is 2.21. The van der Waals surface area contributed by atoms with Crippen LogP contribution in [-0.2, 0) is 6.54 Å². The average Bonchev–Trinajstić information content (AvgIpc) is 3.12. The van der Waals surface area contributed by atoms with Crippen LogP contribution in [-0.4, -0.2) is 11.0 Å². The Bertz CT molecular complexity index is 579. The summed E-state index contributed by atoms with van der Waals surface area (Å²) in [6.07, 6.45) is 2.42. The van der Waals surface area contributed by atoms with Gasteiger partial charge in [0.05, 0.1) is 0 Å². The number of hydrogen-bond acceptors (Lipinski definition) is 4. The Hall–Kier alpha value is -0.910. The summed E-state index contributed by atoms with van der Waals surface area (Å²) in [4.78, 5) is 5.38. The van der Waals surface area contributed by atoms with E-state index in [1.54, 1.807) is 29.2 Å². The van der Waals surface area contributed by atoms with E-state index >= 15 is 0 Å². The van der Waals surface area contributed by atoms with Crippen molar-refractivity contribution in [2.45, 2.75) is 41.6 Å². The molecule has 1 heterocycles. The fourth-order valence-electron chi connectivity index (χ4n) is 1.81. The molecule has 2 nitrogen and oxygen atoms in total. The van der Waals surface area contributed by atoms with E-state index < -0.39 is 0 Å². The Morgan fingerprint density at radius 3 is 3.00 bits per heavy atom. The maximum absolute atomic E-state index is 14.0. The Morgan fingerprint density at radius 2 is 2.32 bits per heavy atom. The van der Waals surface area contributed by atoms with Crippen LogP contribution in [0.1, 0.15) is 24.1 Å². The summed E-state index contributed by atoms with van der Waals surface area (Å²) in [5.41, 5.74) is 1.77. The first-order valence-electron chi connectivity index (χ1n) is 6.33. The number of halogens is 1. The Balaban J connectivity index is 1.80. The first-order chi connectivity index (χ1) is 9.22. The van der Waals surface area contributed by atoms with Gasteiger partial charge in [0.1, 0.15) is 5.82 Å². The Morgan fingerprint density at radius 1 is 1.47 bits per heavy atom. The van der Waals surface area contributed by atoms with Crippen LogP contribution in [0.5, 0.6) is 0 Å². The quantitative estimate of drug-likeness (QED) is 0.902. The van der Waals surface area contributed by atoms with E-state index in [1.165, 1.54) is 18.9 Å². The minimum atomic E-state index is -0.133. The summed E-state index contributed by atoms with van der Waals surface area (Å²) in [6, 6.07) is 5.84. The molecule has 0 radical (unpaired) electrons. The first kappa shape index (κ1) is 13.1. The van der Waals surface area contributed by atoms with Gasteiger partial charge in [0.25, 0.3) is 0 Å². The van der Waals surface area contributed by atoms with Crippen LogP contribution in [0.4, 0.5) is 4.39 Å². The van der Waals surface area contributed by atoms with Crippen LogP contribution in [0.2, 0.25) is 0 Å². The van der Waals surface area contributed by atoms with Crippen molar-refractivity contribution in [3.05, 3.63) is 40.7 Å². The second-order valence-electron chi connectivity index (χ2n) is 4.73. The molecule has 0 saturated heterocycles. The molecule has 100 valence electrons. The van der Waals surface area contributed by atoms with E-state index in [0.29, 0.717) is 12.6 Å². The fraction of sp³-hybridized carbons (Fsp3) is 0.357.